The highest BCUT2D eigenvalue weighted by molar-refractivity contribution is 5.75. The van der Waals surface area contributed by atoms with Crippen molar-refractivity contribution in [1.82, 2.24) is 15.0 Å². The summed E-state index contributed by atoms with van der Waals surface area (Å²) in [5, 5.41) is 0. The molecule has 0 fully saturated rings. The van der Waals surface area contributed by atoms with Crippen molar-refractivity contribution >= 4 is 11.2 Å². The molecule has 0 aliphatic heterocycles. The fraction of sp³-hybridized carbons (Fsp3) is 0.133. The number of aromatic nitrogens is 3. The Hall–Kier alpha value is -2.49. The quantitative estimate of drug-likeness (QED) is 0.702. The number of rotatable bonds is 2. The van der Waals surface area contributed by atoms with E-state index in [4.69, 9.17) is 4.74 Å². The lowest BCUT2D eigenvalue weighted by molar-refractivity contribution is 0.399. The first-order valence-corrected chi connectivity index (χ1v) is 6.03. The Labute approximate surface area is 111 Å². The molecular weight excluding hydrogens is 238 g/mol. The Bertz CT molecular complexity index is 726. The predicted molar refractivity (Wildman–Crippen MR) is 74.1 cm³/mol. The third-order valence-electron chi connectivity index (χ3n) is 2.93. The van der Waals surface area contributed by atoms with Crippen LogP contribution in [0.4, 0.5) is 0 Å². The minimum Gasteiger partial charge on any atom is -0.481 e. The van der Waals surface area contributed by atoms with E-state index in [9.17, 15) is 0 Å². The van der Waals surface area contributed by atoms with Gasteiger partial charge in [0.2, 0.25) is 5.88 Å². The van der Waals surface area contributed by atoms with Crippen molar-refractivity contribution in [3.63, 3.8) is 0 Å². The standard InChI is InChI=1S/C15H13N3O/c1-10-14(11-6-4-3-5-7-11)18-15-12(16-10)8-9-13(17-15)19-2/h3-9H,1-2H3. The number of methoxy groups -OCH3 is 1. The SMILES string of the molecule is COc1ccc2nc(C)c(-c3ccccc3)nc2n1. The molecule has 94 valence electrons. The number of pyridine rings is 1. The number of nitrogens with zero attached hydrogens (tertiary/aromatic N) is 3. The summed E-state index contributed by atoms with van der Waals surface area (Å²) in [5.41, 5.74) is 4.17. The van der Waals surface area contributed by atoms with Crippen LogP contribution in [0.3, 0.4) is 0 Å². The van der Waals surface area contributed by atoms with Gasteiger partial charge in [-0.05, 0) is 13.0 Å². The fourth-order valence-corrected chi connectivity index (χ4v) is 2.00. The van der Waals surface area contributed by atoms with E-state index in [-0.39, 0.29) is 0 Å². The summed E-state index contributed by atoms with van der Waals surface area (Å²) in [4.78, 5) is 13.5. The molecule has 0 saturated carbocycles. The van der Waals surface area contributed by atoms with E-state index in [0.29, 0.717) is 11.5 Å². The van der Waals surface area contributed by atoms with Crippen LogP contribution in [0.2, 0.25) is 0 Å². The van der Waals surface area contributed by atoms with E-state index >= 15 is 0 Å². The lowest BCUT2D eigenvalue weighted by atomic mass is 10.1. The Morgan fingerprint density at radius 1 is 0.895 bits per heavy atom. The number of fused-ring (bicyclic) bond motifs is 1. The molecule has 0 unspecified atom stereocenters. The monoisotopic (exact) mass is 251 g/mol. The van der Waals surface area contributed by atoms with Crippen LogP contribution in [0, 0.1) is 6.92 Å². The molecule has 0 bridgehead atoms. The molecule has 4 heteroatoms. The van der Waals surface area contributed by atoms with Gasteiger partial charge in [0.05, 0.1) is 18.5 Å². The first-order chi connectivity index (χ1) is 9.28. The highest BCUT2D eigenvalue weighted by Gasteiger charge is 2.08. The van der Waals surface area contributed by atoms with Gasteiger partial charge in [0, 0.05) is 11.6 Å². The molecule has 3 aromatic rings. The lowest BCUT2D eigenvalue weighted by Gasteiger charge is -2.07. The predicted octanol–water partition coefficient (Wildman–Crippen LogP) is 3.01. The van der Waals surface area contributed by atoms with Crippen LogP contribution in [0.25, 0.3) is 22.4 Å². The molecule has 4 nitrogen and oxygen atoms in total. The molecule has 0 N–H and O–H groups in total. The van der Waals surface area contributed by atoms with Gasteiger partial charge in [0.1, 0.15) is 5.52 Å². The first kappa shape index (κ1) is 11.6. The van der Waals surface area contributed by atoms with Crippen molar-refractivity contribution in [2.75, 3.05) is 7.11 Å². The van der Waals surface area contributed by atoms with Crippen LogP contribution < -0.4 is 4.74 Å². The zero-order chi connectivity index (χ0) is 13.2. The molecule has 1 aromatic carbocycles. The minimum absolute atomic E-state index is 0.546. The molecule has 0 atom stereocenters. The largest absolute Gasteiger partial charge is 0.481 e. The number of hydrogen-bond acceptors (Lipinski definition) is 4. The zero-order valence-electron chi connectivity index (χ0n) is 10.8. The van der Waals surface area contributed by atoms with E-state index in [1.165, 1.54) is 0 Å². The van der Waals surface area contributed by atoms with Gasteiger partial charge in [-0.1, -0.05) is 30.3 Å². The second-order valence-electron chi connectivity index (χ2n) is 4.22. The molecule has 3 rings (SSSR count). The topological polar surface area (TPSA) is 47.9 Å². The molecule has 0 amide bonds. The number of hydrogen-bond donors (Lipinski definition) is 0. The Morgan fingerprint density at radius 2 is 1.68 bits per heavy atom. The highest BCUT2D eigenvalue weighted by atomic mass is 16.5. The zero-order valence-corrected chi connectivity index (χ0v) is 10.8. The molecule has 0 spiro atoms. The molecule has 0 saturated heterocycles. The van der Waals surface area contributed by atoms with Crippen molar-refractivity contribution in [3.05, 3.63) is 48.2 Å². The van der Waals surface area contributed by atoms with Gasteiger partial charge >= 0.3 is 0 Å². The van der Waals surface area contributed by atoms with Crippen molar-refractivity contribution < 1.29 is 4.74 Å². The van der Waals surface area contributed by atoms with Crippen molar-refractivity contribution in [2.45, 2.75) is 6.92 Å². The lowest BCUT2D eigenvalue weighted by Crippen LogP contribution is -1.97. The van der Waals surface area contributed by atoms with Gasteiger partial charge in [0.25, 0.3) is 0 Å². The van der Waals surface area contributed by atoms with E-state index in [0.717, 1.165) is 22.5 Å². The second kappa shape index (κ2) is 4.65. The first-order valence-electron chi connectivity index (χ1n) is 6.03. The summed E-state index contributed by atoms with van der Waals surface area (Å²) in [7, 11) is 1.59. The van der Waals surface area contributed by atoms with Gasteiger partial charge in [-0.3, -0.25) is 0 Å². The summed E-state index contributed by atoms with van der Waals surface area (Å²) >= 11 is 0. The van der Waals surface area contributed by atoms with Crippen LogP contribution in [0.1, 0.15) is 5.69 Å². The Morgan fingerprint density at radius 3 is 2.42 bits per heavy atom. The van der Waals surface area contributed by atoms with Gasteiger partial charge in [-0.2, -0.15) is 4.98 Å². The van der Waals surface area contributed by atoms with E-state index in [2.05, 4.69) is 15.0 Å². The summed E-state index contributed by atoms with van der Waals surface area (Å²) in [6, 6.07) is 13.6. The van der Waals surface area contributed by atoms with Crippen molar-refractivity contribution in [2.24, 2.45) is 0 Å². The maximum Gasteiger partial charge on any atom is 0.215 e. The van der Waals surface area contributed by atoms with E-state index < -0.39 is 0 Å². The third kappa shape index (κ3) is 2.12. The maximum atomic E-state index is 5.12. The van der Waals surface area contributed by atoms with Gasteiger partial charge in [-0.15, -0.1) is 0 Å². The molecule has 0 radical (unpaired) electrons. The molecule has 2 aromatic heterocycles. The molecular formula is C15H13N3O. The van der Waals surface area contributed by atoms with Crippen molar-refractivity contribution in [1.29, 1.82) is 0 Å². The highest BCUT2D eigenvalue weighted by Crippen LogP contribution is 2.22. The average molecular weight is 251 g/mol. The molecule has 19 heavy (non-hydrogen) atoms. The Kier molecular flexibility index (Phi) is 2.83. The van der Waals surface area contributed by atoms with Crippen LogP contribution in [-0.4, -0.2) is 22.1 Å². The summed E-state index contributed by atoms with van der Waals surface area (Å²) in [6.07, 6.45) is 0. The smallest absolute Gasteiger partial charge is 0.215 e. The van der Waals surface area contributed by atoms with Gasteiger partial charge < -0.3 is 4.74 Å². The summed E-state index contributed by atoms with van der Waals surface area (Å²) < 4.78 is 5.12. The van der Waals surface area contributed by atoms with Crippen LogP contribution >= 0.6 is 0 Å². The van der Waals surface area contributed by atoms with Gasteiger partial charge in [0.15, 0.2) is 5.65 Å². The van der Waals surface area contributed by atoms with Crippen LogP contribution in [0.5, 0.6) is 5.88 Å². The third-order valence-corrected chi connectivity index (χ3v) is 2.93. The van der Waals surface area contributed by atoms with Gasteiger partial charge in [-0.25, -0.2) is 9.97 Å². The minimum atomic E-state index is 0.546. The summed E-state index contributed by atoms with van der Waals surface area (Å²) in [6.45, 7) is 1.96. The van der Waals surface area contributed by atoms with Crippen molar-refractivity contribution in [3.8, 4) is 17.1 Å². The van der Waals surface area contributed by atoms with E-state index in [1.54, 1.807) is 13.2 Å². The molecule has 0 aliphatic rings. The second-order valence-corrected chi connectivity index (χ2v) is 4.22. The van der Waals surface area contributed by atoms with E-state index in [1.807, 2.05) is 43.3 Å². The van der Waals surface area contributed by atoms with Crippen LogP contribution in [0.15, 0.2) is 42.5 Å². The Balaban J connectivity index is 2.23. The summed E-state index contributed by atoms with van der Waals surface area (Å²) in [5.74, 6) is 0.546. The normalized spacial score (nSPS) is 10.6. The molecule has 0 aliphatic carbocycles. The number of benzene rings is 1. The average Bonchev–Trinajstić information content (AvgIpc) is 2.47. The maximum absolute atomic E-state index is 5.12. The number of ether oxygens (including phenoxy) is 1. The molecule has 2 heterocycles. The fourth-order valence-electron chi connectivity index (χ4n) is 2.00. The van der Waals surface area contributed by atoms with Crippen LogP contribution in [-0.2, 0) is 0 Å². The number of aryl methyl sites for hydroxylation is 1.